The minimum Gasteiger partial charge on any atom is -0.506 e. The Bertz CT molecular complexity index is 723. The molecule has 0 fully saturated rings. The van der Waals surface area contributed by atoms with E-state index in [-0.39, 0.29) is 30.0 Å². The molecule has 2 aromatic rings. The second-order valence-electron chi connectivity index (χ2n) is 6.58. The highest BCUT2D eigenvalue weighted by molar-refractivity contribution is 5.86. The van der Waals surface area contributed by atoms with Crippen molar-refractivity contribution >= 4 is 11.8 Å². The Labute approximate surface area is 141 Å². The van der Waals surface area contributed by atoms with E-state index >= 15 is 0 Å². The highest BCUT2D eigenvalue weighted by Crippen LogP contribution is 2.30. The van der Waals surface area contributed by atoms with Crippen molar-refractivity contribution in [3.63, 3.8) is 0 Å². The van der Waals surface area contributed by atoms with Crippen LogP contribution in [-0.2, 0) is 16.6 Å². The maximum absolute atomic E-state index is 13.5. The highest BCUT2D eigenvalue weighted by atomic mass is 19.1. The molecular formula is C19H22FNO3. The van der Waals surface area contributed by atoms with Crippen molar-refractivity contribution in [2.24, 2.45) is 0 Å². The molecule has 0 saturated heterocycles. The summed E-state index contributed by atoms with van der Waals surface area (Å²) in [5, 5.41) is 12.4. The first kappa shape index (κ1) is 17.8. The van der Waals surface area contributed by atoms with E-state index in [9.17, 15) is 14.3 Å². The standard InChI is InChI=1S/C19H22FNO3/c1-19(2,3)14-8-9-17(22)16(12-14)21-18(23)24-11-10-13-6-4-5-7-15(13)20/h4-9,12,22H,10-11H2,1-3H3,(H,21,23). The molecule has 0 bridgehead atoms. The Morgan fingerprint density at radius 3 is 2.58 bits per heavy atom. The summed E-state index contributed by atoms with van der Waals surface area (Å²) in [5.41, 5.74) is 1.64. The number of rotatable bonds is 4. The zero-order valence-corrected chi connectivity index (χ0v) is 14.1. The van der Waals surface area contributed by atoms with Crippen molar-refractivity contribution in [2.45, 2.75) is 32.6 Å². The molecule has 0 aliphatic rings. The maximum Gasteiger partial charge on any atom is 0.411 e. The fraction of sp³-hybridized carbons (Fsp3) is 0.316. The number of ether oxygens (including phenoxy) is 1. The first-order valence-corrected chi connectivity index (χ1v) is 7.78. The number of phenolic OH excluding ortho intramolecular Hbond substituents is 1. The summed E-state index contributed by atoms with van der Waals surface area (Å²) >= 11 is 0. The van der Waals surface area contributed by atoms with Crippen LogP contribution >= 0.6 is 0 Å². The fourth-order valence-corrected chi connectivity index (χ4v) is 2.20. The van der Waals surface area contributed by atoms with E-state index in [0.29, 0.717) is 11.3 Å². The van der Waals surface area contributed by atoms with Gasteiger partial charge in [-0.15, -0.1) is 0 Å². The zero-order valence-electron chi connectivity index (χ0n) is 14.1. The van der Waals surface area contributed by atoms with Gasteiger partial charge in [0, 0.05) is 6.42 Å². The van der Waals surface area contributed by atoms with Crippen LogP contribution in [0.1, 0.15) is 31.9 Å². The lowest BCUT2D eigenvalue weighted by Crippen LogP contribution is -2.17. The van der Waals surface area contributed by atoms with Crippen LogP contribution in [0, 0.1) is 5.82 Å². The first-order chi connectivity index (χ1) is 11.3. The van der Waals surface area contributed by atoms with E-state index in [1.54, 1.807) is 24.3 Å². The van der Waals surface area contributed by atoms with Crippen LogP contribution < -0.4 is 5.32 Å². The third-order valence-corrected chi connectivity index (χ3v) is 3.66. The third-order valence-electron chi connectivity index (χ3n) is 3.66. The van der Waals surface area contributed by atoms with Gasteiger partial charge in [-0.2, -0.15) is 0 Å². The van der Waals surface area contributed by atoms with E-state index < -0.39 is 6.09 Å². The lowest BCUT2D eigenvalue weighted by Gasteiger charge is -2.20. The predicted octanol–water partition coefficient (Wildman–Crippen LogP) is 4.62. The number of anilines is 1. The van der Waals surface area contributed by atoms with Gasteiger partial charge in [0.05, 0.1) is 12.3 Å². The van der Waals surface area contributed by atoms with Gasteiger partial charge in [-0.05, 0) is 34.7 Å². The number of halogens is 1. The van der Waals surface area contributed by atoms with Crippen LogP contribution in [0.4, 0.5) is 14.9 Å². The molecule has 2 rings (SSSR count). The Morgan fingerprint density at radius 2 is 1.92 bits per heavy atom. The van der Waals surface area contributed by atoms with Crippen LogP contribution in [0.25, 0.3) is 0 Å². The first-order valence-electron chi connectivity index (χ1n) is 7.78. The average molecular weight is 331 g/mol. The van der Waals surface area contributed by atoms with Crippen LogP contribution in [0.2, 0.25) is 0 Å². The van der Waals surface area contributed by atoms with Crippen molar-refractivity contribution in [1.29, 1.82) is 0 Å². The summed E-state index contributed by atoms with van der Waals surface area (Å²) in [5.74, 6) is -0.355. The summed E-state index contributed by atoms with van der Waals surface area (Å²) in [7, 11) is 0. The Kier molecular flexibility index (Phi) is 5.44. The number of phenols is 1. The van der Waals surface area contributed by atoms with Crippen LogP contribution in [-0.4, -0.2) is 17.8 Å². The van der Waals surface area contributed by atoms with Gasteiger partial charge in [-0.1, -0.05) is 45.0 Å². The predicted molar refractivity (Wildman–Crippen MR) is 91.9 cm³/mol. The van der Waals surface area contributed by atoms with Gasteiger partial charge in [-0.25, -0.2) is 9.18 Å². The number of carbonyl (C=O) groups excluding carboxylic acids is 1. The normalized spacial score (nSPS) is 11.2. The molecule has 0 saturated carbocycles. The van der Waals surface area contributed by atoms with Gasteiger partial charge in [0.15, 0.2) is 0 Å². The van der Waals surface area contributed by atoms with Crippen molar-refractivity contribution in [3.8, 4) is 5.75 Å². The van der Waals surface area contributed by atoms with E-state index in [0.717, 1.165) is 5.56 Å². The van der Waals surface area contributed by atoms with Crippen molar-refractivity contribution in [2.75, 3.05) is 11.9 Å². The minimum atomic E-state index is -0.687. The van der Waals surface area contributed by atoms with Crippen LogP contribution in [0.3, 0.4) is 0 Å². The quantitative estimate of drug-likeness (QED) is 0.804. The van der Waals surface area contributed by atoms with Crippen molar-refractivity contribution in [3.05, 3.63) is 59.4 Å². The molecule has 24 heavy (non-hydrogen) atoms. The molecule has 0 atom stereocenters. The molecule has 1 amide bonds. The molecule has 0 unspecified atom stereocenters. The molecule has 2 aromatic carbocycles. The second kappa shape index (κ2) is 7.34. The number of nitrogens with one attached hydrogen (secondary N) is 1. The zero-order chi connectivity index (χ0) is 17.7. The van der Waals surface area contributed by atoms with E-state index in [1.165, 1.54) is 12.1 Å². The van der Waals surface area contributed by atoms with Crippen molar-refractivity contribution < 1.29 is 19.0 Å². The van der Waals surface area contributed by atoms with E-state index in [4.69, 9.17) is 4.74 Å². The number of amides is 1. The Morgan fingerprint density at radius 1 is 1.21 bits per heavy atom. The summed E-state index contributed by atoms with van der Waals surface area (Å²) in [4.78, 5) is 11.9. The van der Waals surface area contributed by atoms with E-state index in [2.05, 4.69) is 5.32 Å². The SMILES string of the molecule is CC(C)(C)c1ccc(O)c(NC(=O)OCCc2ccccc2F)c1. The van der Waals surface area contributed by atoms with Gasteiger partial charge >= 0.3 is 6.09 Å². The molecule has 128 valence electrons. The van der Waals surface area contributed by atoms with Crippen molar-refractivity contribution in [1.82, 2.24) is 0 Å². The monoisotopic (exact) mass is 331 g/mol. The van der Waals surface area contributed by atoms with Gasteiger partial charge in [0.2, 0.25) is 0 Å². The van der Waals surface area contributed by atoms with Crippen LogP contribution in [0.15, 0.2) is 42.5 Å². The number of carbonyl (C=O) groups is 1. The lowest BCUT2D eigenvalue weighted by molar-refractivity contribution is 0.162. The van der Waals surface area contributed by atoms with Gasteiger partial charge < -0.3 is 9.84 Å². The fourth-order valence-electron chi connectivity index (χ4n) is 2.20. The van der Waals surface area contributed by atoms with Crippen LogP contribution in [0.5, 0.6) is 5.75 Å². The van der Waals surface area contributed by atoms with Gasteiger partial charge in [-0.3, -0.25) is 5.32 Å². The molecule has 5 heteroatoms. The number of hydrogen-bond donors (Lipinski definition) is 2. The second-order valence-corrected chi connectivity index (χ2v) is 6.58. The van der Waals surface area contributed by atoms with Gasteiger partial charge in [0.1, 0.15) is 11.6 Å². The lowest BCUT2D eigenvalue weighted by atomic mass is 9.87. The maximum atomic E-state index is 13.5. The summed E-state index contributed by atoms with van der Waals surface area (Å²) in [6.45, 7) is 6.16. The Hall–Kier alpha value is -2.56. The smallest absolute Gasteiger partial charge is 0.411 e. The minimum absolute atomic E-state index is 0.0333. The average Bonchev–Trinajstić information content (AvgIpc) is 2.50. The molecule has 0 aromatic heterocycles. The largest absolute Gasteiger partial charge is 0.506 e. The molecule has 0 spiro atoms. The third kappa shape index (κ3) is 4.72. The molecule has 0 radical (unpaired) electrons. The topological polar surface area (TPSA) is 58.6 Å². The molecule has 0 heterocycles. The van der Waals surface area contributed by atoms with Gasteiger partial charge in [0.25, 0.3) is 0 Å². The molecule has 4 nitrogen and oxygen atoms in total. The summed E-state index contributed by atoms with van der Waals surface area (Å²) < 4.78 is 18.5. The molecule has 0 aliphatic heterocycles. The molecular weight excluding hydrogens is 309 g/mol. The van der Waals surface area contributed by atoms with E-state index in [1.807, 2.05) is 26.8 Å². The summed E-state index contributed by atoms with van der Waals surface area (Å²) in [6.07, 6.45) is -0.401. The Balaban J connectivity index is 1.94. The molecule has 0 aliphatic carbocycles. The highest BCUT2D eigenvalue weighted by Gasteiger charge is 2.16. The molecule has 2 N–H and O–H groups in total. The number of hydrogen-bond acceptors (Lipinski definition) is 3. The number of benzene rings is 2. The number of aromatic hydroxyl groups is 1. The summed E-state index contributed by atoms with van der Waals surface area (Å²) in [6, 6.07) is 11.4.